The van der Waals surface area contributed by atoms with Crippen molar-refractivity contribution < 1.29 is 43.7 Å². The molecule has 2 aromatic heterocycles. The lowest BCUT2D eigenvalue weighted by molar-refractivity contribution is -0.139. The molecule has 0 saturated carbocycles. The van der Waals surface area contributed by atoms with Crippen molar-refractivity contribution in [2.75, 3.05) is 44.1 Å². The molecule has 18 heteroatoms. The van der Waals surface area contributed by atoms with E-state index in [4.69, 9.17) is 31.2 Å². The van der Waals surface area contributed by atoms with Crippen molar-refractivity contribution in [3.63, 3.8) is 0 Å². The number of nitrogens with zero attached hydrogens (tertiary/aromatic N) is 3. The number of carboxylic acids is 2. The molecule has 0 bridgehead atoms. The molecular weight excluding hydrogens is 662 g/mol. The van der Waals surface area contributed by atoms with Gasteiger partial charge >= 0.3 is 23.6 Å². The molecule has 0 aliphatic carbocycles. The molecule has 1 aromatic carbocycles. The highest BCUT2D eigenvalue weighted by Crippen LogP contribution is 2.20. The van der Waals surface area contributed by atoms with Crippen LogP contribution in [0.2, 0.25) is 0 Å². The topological polar surface area (TPSA) is 272 Å². The van der Waals surface area contributed by atoms with Gasteiger partial charge in [0.25, 0.3) is 0 Å². The second-order valence-corrected chi connectivity index (χ2v) is 12.3. The number of H-pyrrole nitrogens is 1. The number of aromatic nitrogens is 4. The molecule has 0 spiro atoms. The number of Topliss-reactive ketones (excluding diaryl/α,β-unsaturated/α-hetero) is 2. The SMILES string of the molecule is COCCOc1nc(N)c2[nH]c(=O)n(Cc3ccc(CCC(=O)CCSCC(CC(=O)CCC(N)C(=O)O)C(=O)NCC(=O)O)cc3)c2n1. The number of nitrogens with two attached hydrogens (primary N) is 2. The molecule has 3 rings (SSSR count). The third-order valence-electron chi connectivity index (χ3n) is 7.36. The Morgan fingerprint density at radius 3 is 2.41 bits per heavy atom. The Bertz CT molecular complexity index is 1680. The van der Waals surface area contributed by atoms with E-state index >= 15 is 0 Å². The Balaban J connectivity index is 1.48. The lowest BCUT2D eigenvalue weighted by atomic mass is 9.99. The number of anilines is 1. The minimum absolute atomic E-state index is 0.00771. The van der Waals surface area contributed by atoms with Crippen molar-refractivity contribution in [2.45, 2.75) is 51.1 Å². The van der Waals surface area contributed by atoms with Crippen LogP contribution in [0.15, 0.2) is 29.1 Å². The summed E-state index contributed by atoms with van der Waals surface area (Å²) < 4.78 is 11.9. The molecule has 49 heavy (non-hydrogen) atoms. The Morgan fingerprint density at radius 2 is 1.73 bits per heavy atom. The third-order valence-corrected chi connectivity index (χ3v) is 8.49. The number of nitrogen functional groups attached to an aromatic ring is 1. The molecular formula is C31H41N7O10S. The average molecular weight is 704 g/mol. The van der Waals surface area contributed by atoms with Crippen LogP contribution in [0, 0.1) is 5.92 Å². The Morgan fingerprint density at radius 1 is 1.02 bits per heavy atom. The maximum Gasteiger partial charge on any atom is 0.328 e. The first-order valence-electron chi connectivity index (χ1n) is 15.4. The predicted molar refractivity (Wildman–Crippen MR) is 179 cm³/mol. The second kappa shape index (κ2) is 19.3. The molecule has 2 unspecified atom stereocenters. The van der Waals surface area contributed by atoms with Gasteiger partial charge in [-0.25, -0.2) is 4.79 Å². The van der Waals surface area contributed by atoms with E-state index < -0.39 is 42.0 Å². The van der Waals surface area contributed by atoms with E-state index in [9.17, 15) is 28.8 Å². The molecule has 0 aliphatic rings. The van der Waals surface area contributed by atoms with Gasteiger partial charge in [0, 0.05) is 44.3 Å². The van der Waals surface area contributed by atoms with Crippen LogP contribution in [0.4, 0.5) is 5.82 Å². The monoisotopic (exact) mass is 703 g/mol. The molecule has 0 radical (unpaired) electrons. The number of hydrogen-bond donors (Lipinski definition) is 6. The average Bonchev–Trinajstić information content (AvgIpc) is 3.38. The number of benzene rings is 1. The number of carbonyl (C=O) groups is 5. The highest BCUT2D eigenvalue weighted by molar-refractivity contribution is 7.99. The molecule has 8 N–H and O–H groups in total. The largest absolute Gasteiger partial charge is 0.480 e. The van der Waals surface area contributed by atoms with Crippen molar-refractivity contribution in [3.05, 3.63) is 45.9 Å². The lowest BCUT2D eigenvalue weighted by Gasteiger charge is -2.16. The minimum Gasteiger partial charge on any atom is -0.480 e. The molecule has 0 fully saturated rings. The number of nitrogens with one attached hydrogen (secondary N) is 2. The summed E-state index contributed by atoms with van der Waals surface area (Å²) >= 11 is 1.30. The number of aliphatic carboxylic acids is 2. The number of ether oxygens (including phenoxy) is 2. The number of hydrogen-bond acceptors (Lipinski definition) is 13. The molecule has 17 nitrogen and oxygen atoms in total. The van der Waals surface area contributed by atoms with Crippen LogP contribution in [-0.4, -0.2) is 104 Å². The fraction of sp³-hybridized carbons (Fsp3) is 0.484. The number of rotatable bonds is 23. The number of aryl methyl sites for hydroxylation is 1. The zero-order chi connectivity index (χ0) is 35.9. The van der Waals surface area contributed by atoms with E-state index in [0.717, 1.165) is 11.1 Å². The normalized spacial score (nSPS) is 12.4. The summed E-state index contributed by atoms with van der Waals surface area (Å²) in [5.41, 5.74) is 13.4. The predicted octanol–water partition coefficient (Wildman–Crippen LogP) is 0.369. The smallest absolute Gasteiger partial charge is 0.328 e. The van der Waals surface area contributed by atoms with E-state index in [2.05, 4.69) is 20.3 Å². The summed E-state index contributed by atoms with van der Waals surface area (Å²) in [6, 6.07) is 6.29. The first kappa shape index (κ1) is 38.6. The maximum atomic E-state index is 12.7. The summed E-state index contributed by atoms with van der Waals surface area (Å²) in [4.78, 5) is 83.0. The number of carboxylic acid groups (broad SMARTS) is 2. The number of thioether (sulfide) groups is 1. The van der Waals surface area contributed by atoms with E-state index in [-0.39, 0.29) is 74.4 Å². The summed E-state index contributed by atoms with van der Waals surface area (Å²) in [5.74, 6) is -3.62. The number of fused-ring (bicyclic) bond motifs is 1. The first-order valence-corrected chi connectivity index (χ1v) is 16.6. The van der Waals surface area contributed by atoms with Gasteiger partial charge in [-0.15, -0.1) is 0 Å². The van der Waals surface area contributed by atoms with Crippen molar-refractivity contribution in [3.8, 4) is 6.01 Å². The summed E-state index contributed by atoms with van der Waals surface area (Å²) in [7, 11) is 1.54. The number of carbonyl (C=O) groups excluding carboxylic acids is 3. The van der Waals surface area contributed by atoms with E-state index in [0.29, 0.717) is 29.9 Å². The van der Waals surface area contributed by atoms with Gasteiger partial charge < -0.3 is 41.5 Å². The zero-order valence-electron chi connectivity index (χ0n) is 27.0. The highest BCUT2D eigenvalue weighted by Gasteiger charge is 2.24. The molecule has 0 saturated heterocycles. The molecule has 0 aliphatic heterocycles. The molecule has 2 heterocycles. The van der Waals surface area contributed by atoms with Gasteiger partial charge in [-0.05, 0) is 24.0 Å². The third kappa shape index (κ3) is 12.6. The molecule has 1 amide bonds. The Kier molecular flexibility index (Phi) is 15.2. The summed E-state index contributed by atoms with van der Waals surface area (Å²) in [5, 5.41) is 20.0. The van der Waals surface area contributed by atoms with Crippen molar-refractivity contribution in [1.29, 1.82) is 0 Å². The number of imidazole rings is 1. The molecule has 2 atom stereocenters. The van der Waals surface area contributed by atoms with Gasteiger partial charge in [0.15, 0.2) is 11.5 Å². The van der Waals surface area contributed by atoms with Crippen LogP contribution in [0.5, 0.6) is 6.01 Å². The van der Waals surface area contributed by atoms with Crippen LogP contribution in [0.3, 0.4) is 0 Å². The minimum atomic E-state index is -1.23. The Hall–Kier alpha value is -4.81. The first-order chi connectivity index (χ1) is 23.4. The van der Waals surface area contributed by atoms with Gasteiger partial charge in [0.05, 0.1) is 19.1 Å². The second-order valence-electron chi connectivity index (χ2n) is 11.2. The fourth-order valence-electron chi connectivity index (χ4n) is 4.62. The highest BCUT2D eigenvalue weighted by atomic mass is 32.2. The fourth-order valence-corrected chi connectivity index (χ4v) is 5.72. The van der Waals surface area contributed by atoms with Crippen molar-refractivity contribution in [2.24, 2.45) is 11.7 Å². The van der Waals surface area contributed by atoms with Crippen LogP contribution >= 0.6 is 11.8 Å². The van der Waals surface area contributed by atoms with Gasteiger partial charge in [-0.3, -0.25) is 28.5 Å². The zero-order valence-corrected chi connectivity index (χ0v) is 27.8. The van der Waals surface area contributed by atoms with Crippen molar-refractivity contribution >= 4 is 58.2 Å². The van der Waals surface area contributed by atoms with Gasteiger partial charge in [0.2, 0.25) is 5.91 Å². The maximum absolute atomic E-state index is 12.7. The van der Waals surface area contributed by atoms with Crippen LogP contribution in [-0.2, 0) is 41.7 Å². The number of methoxy groups -OCH3 is 1. The Labute approximate surface area is 285 Å². The van der Waals surface area contributed by atoms with Gasteiger partial charge in [-0.1, -0.05) is 24.3 Å². The van der Waals surface area contributed by atoms with Crippen LogP contribution in [0.1, 0.15) is 43.2 Å². The van der Waals surface area contributed by atoms with Crippen LogP contribution in [0.25, 0.3) is 11.2 Å². The van der Waals surface area contributed by atoms with Gasteiger partial charge in [0.1, 0.15) is 36.3 Å². The van der Waals surface area contributed by atoms with Crippen molar-refractivity contribution in [1.82, 2.24) is 24.8 Å². The summed E-state index contributed by atoms with van der Waals surface area (Å²) in [6.07, 6.45) is 0.612. The van der Waals surface area contributed by atoms with Gasteiger partial charge in [-0.2, -0.15) is 21.7 Å². The van der Waals surface area contributed by atoms with E-state index in [1.807, 2.05) is 24.3 Å². The quantitative estimate of drug-likeness (QED) is 0.0728. The lowest BCUT2D eigenvalue weighted by Crippen LogP contribution is -2.37. The number of aromatic amines is 1. The standard InChI is InChI=1S/C31H41N7O10S/c1-47-11-12-48-30-36-26(33)25-27(37-30)38(31(46)35-25)16-19-4-2-18(3-5-19)6-7-21(39)10-13-49-17-20(28(43)34-15-24(41)42)14-22(40)8-9-23(32)29(44)45/h2-5,20,23H,6-17,32H2,1H3,(H,34,43)(H,35,46)(H,41,42)(H,44,45)(H2,33,36,37). The van der Waals surface area contributed by atoms with Crippen LogP contribution < -0.4 is 27.2 Å². The number of amides is 1. The molecule has 3 aromatic rings. The molecule has 266 valence electrons. The van der Waals surface area contributed by atoms with E-state index in [1.54, 1.807) is 0 Å². The van der Waals surface area contributed by atoms with E-state index in [1.165, 1.54) is 23.4 Å². The number of ketones is 2. The summed E-state index contributed by atoms with van der Waals surface area (Å²) in [6.45, 7) is 0.149.